The van der Waals surface area contributed by atoms with Gasteiger partial charge < -0.3 is 10.1 Å². The van der Waals surface area contributed by atoms with Crippen LogP contribution in [0.1, 0.15) is 32.6 Å². The fraction of sp³-hybridized carbons (Fsp3) is 0.733. The van der Waals surface area contributed by atoms with Crippen molar-refractivity contribution in [3.05, 3.63) is 0 Å². The van der Waals surface area contributed by atoms with E-state index in [0.717, 1.165) is 5.75 Å². The Balaban J connectivity index is 1.98. The standard InChI is InChI=1S/C15H19F4N3O3S2/c1-2-26-14-22-21-13(27-14)20-10(23)8-5-3-4-6-9(8)11(24)25-7-15(18,19)12(16)17/h8-9,12H,2-7H2,1H3,(H,20,21,23)/t8-,9+/m1/s1. The molecule has 12 heteroatoms. The van der Waals surface area contributed by atoms with Crippen molar-refractivity contribution in [1.82, 2.24) is 10.2 Å². The number of halogens is 4. The van der Waals surface area contributed by atoms with E-state index in [1.807, 2.05) is 6.92 Å². The van der Waals surface area contributed by atoms with E-state index < -0.39 is 42.7 Å². The second kappa shape index (κ2) is 9.67. The van der Waals surface area contributed by atoms with Gasteiger partial charge in [-0.25, -0.2) is 8.78 Å². The molecule has 1 amide bonds. The lowest BCUT2D eigenvalue weighted by molar-refractivity contribution is -0.184. The lowest BCUT2D eigenvalue weighted by Crippen LogP contribution is -2.39. The average Bonchev–Trinajstić information content (AvgIpc) is 3.07. The number of anilines is 1. The van der Waals surface area contributed by atoms with Crippen molar-refractivity contribution < 1.29 is 31.9 Å². The van der Waals surface area contributed by atoms with E-state index in [1.54, 1.807) is 0 Å². The first-order valence-corrected chi connectivity index (χ1v) is 10.1. The van der Waals surface area contributed by atoms with Crippen molar-refractivity contribution >= 4 is 40.1 Å². The van der Waals surface area contributed by atoms with Gasteiger partial charge in [-0.2, -0.15) is 8.78 Å². The molecule has 1 fully saturated rings. The quantitative estimate of drug-likeness (QED) is 0.293. The van der Waals surface area contributed by atoms with Gasteiger partial charge in [0, 0.05) is 0 Å². The number of esters is 1. The van der Waals surface area contributed by atoms with Crippen LogP contribution in [0.2, 0.25) is 0 Å². The number of alkyl halides is 4. The monoisotopic (exact) mass is 429 g/mol. The maximum absolute atomic E-state index is 13.0. The lowest BCUT2D eigenvalue weighted by atomic mass is 9.78. The van der Waals surface area contributed by atoms with Crippen molar-refractivity contribution in [2.24, 2.45) is 11.8 Å². The molecule has 1 saturated carbocycles. The summed E-state index contributed by atoms with van der Waals surface area (Å²) in [5, 5.41) is 10.6. The number of rotatable bonds is 8. The predicted molar refractivity (Wildman–Crippen MR) is 92.3 cm³/mol. The summed E-state index contributed by atoms with van der Waals surface area (Å²) in [6.45, 7) is 0.239. The Morgan fingerprint density at radius 3 is 2.59 bits per heavy atom. The highest BCUT2D eigenvalue weighted by Gasteiger charge is 2.44. The first-order chi connectivity index (χ1) is 12.7. The molecule has 0 unspecified atom stereocenters. The second-order valence-electron chi connectivity index (χ2n) is 5.96. The van der Waals surface area contributed by atoms with Crippen LogP contribution < -0.4 is 5.32 Å². The van der Waals surface area contributed by atoms with Crippen LogP contribution in [0, 0.1) is 11.8 Å². The second-order valence-corrected chi connectivity index (χ2v) is 8.45. The van der Waals surface area contributed by atoms with E-state index in [1.165, 1.54) is 23.1 Å². The molecule has 1 aromatic rings. The van der Waals surface area contributed by atoms with E-state index in [0.29, 0.717) is 23.6 Å². The summed E-state index contributed by atoms with van der Waals surface area (Å²) in [5.41, 5.74) is 0. The van der Waals surface area contributed by atoms with Gasteiger partial charge >= 0.3 is 18.3 Å². The zero-order chi connectivity index (χ0) is 20.0. The van der Waals surface area contributed by atoms with Crippen LogP contribution >= 0.6 is 23.1 Å². The van der Waals surface area contributed by atoms with Crippen LogP contribution in [0.3, 0.4) is 0 Å². The van der Waals surface area contributed by atoms with Gasteiger partial charge in [-0.15, -0.1) is 10.2 Å². The van der Waals surface area contributed by atoms with E-state index in [4.69, 9.17) is 0 Å². The van der Waals surface area contributed by atoms with Crippen LogP contribution in [0.15, 0.2) is 4.34 Å². The third kappa shape index (κ3) is 6.03. The summed E-state index contributed by atoms with van der Waals surface area (Å²) in [4.78, 5) is 24.6. The van der Waals surface area contributed by atoms with Crippen LogP contribution in [-0.2, 0) is 14.3 Å². The van der Waals surface area contributed by atoms with Crippen molar-refractivity contribution in [2.75, 3.05) is 17.7 Å². The molecule has 1 aliphatic rings. The third-order valence-electron chi connectivity index (χ3n) is 4.04. The van der Waals surface area contributed by atoms with E-state index in [-0.39, 0.29) is 11.6 Å². The summed E-state index contributed by atoms with van der Waals surface area (Å²) in [6, 6.07) is 0. The molecule has 27 heavy (non-hydrogen) atoms. The minimum absolute atomic E-state index is 0.268. The molecule has 1 aromatic heterocycles. The highest BCUT2D eigenvalue weighted by atomic mass is 32.2. The molecular formula is C15H19F4N3O3S2. The fourth-order valence-electron chi connectivity index (χ4n) is 2.70. The van der Waals surface area contributed by atoms with Gasteiger partial charge in [0.15, 0.2) is 10.9 Å². The topological polar surface area (TPSA) is 81.2 Å². The highest BCUT2D eigenvalue weighted by molar-refractivity contribution is 8.01. The van der Waals surface area contributed by atoms with E-state index >= 15 is 0 Å². The molecule has 0 spiro atoms. The smallest absolute Gasteiger partial charge is 0.340 e. The number of carbonyl (C=O) groups is 2. The molecule has 1 heterocycles. The largest absolute Gasteiger partial charge is 0.459 e. The number of aromatic nitrogens is 2. The average molecular weight is 429 g/mol. The predicted octanol–water partition coefficient (Wildman–Crippen LogP) is 3.84. The van der Waals surface area contributed by atoms with Gasteiger partial charge in [0.25, 0.3) is 0 Å². The summed E-state index contributed by atoms with van der Waals surface area (Å²) in [6.07, 6.45) is -1.99. The number of amides is 1. The van der Waals surface area contributed by atoms with E-state index in [2.05, 4.69) is 20.3 Å². The number of carbonyl (C=O) groups excluding carboxylic acids is 2. The third-order valence-corrected chi connectivity index (χ3v) is 5.89. The van der Waals surface area contributed by atoms with E-state index in [9.17, 15) is 27.2 Å². The maximum Gasteiger partial charge on any atom is 0.340 e. The molecule has 1 aliphatic carbocycles. The molecule has 6 nitrogen and oxygen atoms in total. The molecular weight excluding hydrogens is 410 g/mol. The number of nitrogens with one attached hydrogen (secondary N) is 1. The number of nitrogens with zero attached hydrogens (tertiary/aromatic N) is 2. The molecule has 0 radical (unpaired) electrons. The Kier molecular flexibility index (Phi) is 7.83. The van der Waals surface area contributed by atoms with Gasteiger partial charge in [-0.3, -0.25) is 9.59 Å². The van der Waals surface area contributed by atoms with Gasteiger partial charge in [0.2, 0.25) is 11.0 Å². The Morgan fingerprint density at radius 2 is 1.96 bits per heavy atom. The molecule has 2 atom stereocenters. The molecule has 2 rings (SSSR count). The van der Waals surface area contributed by atoms with Crippen LogP contribution in [0.5, 0.6) is 0 Å². The van der Waals surface area contributed by atoms with Crippen molar-refractivity contribution in [1.29, 1.82) is 0 Å². The molecule has 0 bridgehead atoms. The number of hydrogen-bond donors (Lipinski definition) is 1. The summed E-state index contributed by atoms with van der Waals surface area (Å²) >= 11 is 2.65. The molecule has 0 saturated heterocycles. The Hall–Kier alpha value is -1.43. The Labute approximate surface area is 161 Å². The van der Waals surface area contributed by atoms with Crippen LogP contribution in [-0.4, -0.2) is 46.8 Å². The van der Waals surface area contributed by atoms with Gasteiger partial charge in [-0.1, -0.05) is 42.9 Å². The molecule has 152 valence electrons. The normalized spacial score (nSPS) is 20.5. The number of ether oxygens (including phenoxy) is 1. The molecule has 1 N–H and O–H groups in total. The summed E-state index contributed by atoms with van der Waals surface area (Å²) < 4.78 is 55.4. The van der Waals surface area contributed by atoms with Gasteiger partial charge in [0.05, 0.1) is 11.8 Å². The minimum Gasteiger partial charge on any atom is -0.459 e. The maximum atomic E-state index is 13.0. The Morgan fingerprint density at radius 1 is 1.30 bits per heavy atom. The number of thioether (sulfide) groups is 1. The Bertz CT molecular complexity index is 660. The molecule has 0 aromatic carbocycles. The van der Waals surface area contributed by atoms with Crippen molar-refractivity contribution in [3.63, 3.8) is 0 Å². The van der Waals surface area contributed by atoms with Crippen LogP contribution in [0.25, 0.3) is 0 Å². The van der Waals surface area contributed by atoms with Crippen LogP contribution in [0.4, 0.5) is 22.7 Å². The molecule has 0 aliphatic heterocycles. The van der Waals surface area contributed by atoms with Gasteiger partial charge in [-0.05, 0) is 18.6 Å². The summed E-state index contributed by atoms with van der Waals surface area (Å²) in [5.74, 6) is -6.91. The summed E-state index contributed by atoms with van der Waals surface area (Å²) in [7, 11) is 0. The van der Waals surface area contributed by atoms with Crippen molar-refractivity contribution in [2.45, 2.75) is 49.3 Å². The zero-order valence-corrected chi connectivity index (χ0v) is 16.1. The fourth-order valence-corrected chi connectivity index (χ4v) is 4.36. The van der Waals surface area contributed by atoms with Crippen molar-refractivity contribution in [3.8, 4) is 0 Å². The van der Waals surface area contributed by atoms with Gasteiger partial charge in [0.1, 0.15) is 0 Å². The highest BCUT2D eigenvalue weighted by Crippen LogP contribution is 2.34. The first kappa shape index (κ1) is 21.9. The minimum atomic E-state index is -4.41. The number of hydrogen-bond acceptors (Lipinski definition) is 7. The zero-order valence-electron chi connectivity index (χ0n) is 14.4. The first-order valence-electron chi connectivity index (χ1n) is 8.34. The lowest BCUT2D eigenvalue weighted by Gasteiger charge is -2.29. The SMILES string of the molecule is CCSc1nnc(NC(=O)[C@@H]2CCCC[C@@H]2C(=O)OCC(F)(F)C(F)F)s1.